The van der Waals surface area contributed by atoms with Crippen molar-refractivity contribution in [1.82, 2.24) is 20.1 Å². The summed E-state index contributed by atoms with van der Waals surface area (Å²) in [5, 5.41) is 11.1. The lowest BCUT2D eigenvalue weighted by atomic mass is 9.95. The number of hydrogen-bond donors (Lipinski definition) is 2. The van der Waals surface area contributed by atoms with E-state index >= 15 is 0 Å². The van der Waals surface area contributed by atoms with E-state index in [9.17, 15) is 4.79 Å². The molecule has 0 saturated heterocycles. The quantitative estimate of drug-likeness (QED) is 0.727. The molecule has 0 fully saturated rings. The average Bonchev–Trinajstić information content (AvgIpc) is 3.14. The largest absolute Gasteiger partial charge is 0.348 e. The lowest BCUT2D eigenvalue weighted by molar-refractivity contribution is -0.118. The topological polar surface area (TPSA) is 71.8 Å². The second-order valence-electron chi connectivity index (χ2n) is 6.31. The summed E-state index contributed by atoms with van der Waals surface area (Å²) in [7, 11) is 0. The van der Waals surface area contributed by atoms with Gasteiger partial charge in [0, 0.05) is 17.3 Å². The second kappa shape index (κ2) is 7.25. The maximum absolute atomic E-state index is 13.1. The zero-order valence-corrected chi connectivity index (χ0v) is 15.4. The number of rotatable bonds is 4. The zero-order chi connectivity index (χ0) is 18.8. The van der Waals surface area contributed by atoms with Crippen LogP contribution in [0, 0.1) is 0 Å². The van der Waals surface area contributed by atoms with E-state index in [1.807, 2.05) is 61.5 Å². The molecule has 1 atom stereocenters. The summed E-state index contributed by atoms with van der Waals surface area (Å²) in [4.78, 5) is 17.3. The number of fused-ring (bicyclic) bond motifs is 1. The Labute approximate surface area is 161 Å². The number of halogens is 1. The molecular formula is C20H18ClN5O. The lowest BCUT2D eigenvalue weighted by Gasteiger charge is -2.28. The first-order chi connectivity index (χ1) is 13.1. The molecule has 1 amide bonds. The standard InChI is InChI=1S/C20H18ClN5O/c1-13-17(19(27)22-11-14-5-3-2-4-6-14)18(15-7-9-16(21)10-8-15)26-20(25-13)23-12-24-26/h2-10,12,18H,11H2,1H3,(H,22,27)(H,23,24,25)/t18-/m1/s1. The number of carbonyl (C=O) groups excluding carboxylic acids is 1. The van der Waals surface area contributed by atoms with Gasteiger partial charge in [-0.25, -0.2) is 4.68 Å². The molecule has 2 aromatic carbocycles. The molecular weight excluding hydrogens is 362 g/mol. The highest BCUT2D eigenvalue weighted by Gasteiger charge is 2.33. The summed E-state index contributed by atoms with van der Waals surface area (Å²) in [6.45, 7) is 2.33. The summed E-state index contributed by atoms with van der Waals surface area (Å²) < 4.78 is 1.72. The van der Waals surface area contributed by atoms with Gasteiger partial charge in [-0.15, -0.1) is 0 Å². The van der Waals surface area contributed by atoms with Crippen LogP contribution in [-0.4, -0.2) is 20.7 Å². The maximum atomic E-state index is 13.1. The van der Waals surface area contributed by atoms with Crippen molar-refractivity contribution < 1.29 is 4.79 Å². The van der Waals surface area contributed by atoms with E-state index in [-0.39, 0.29) is 11.9 Å². The molecule has 0 bridgehead atoms. The molecule has 2 heterocycles. The van der Waals surface area contributed by atoms with Crippen LogP contribution in [0.5, 0.6) is 0 Å². The highest BCUT2D eigenvalue weighted by molar-refractivity contribution is 6.30. The van der Waals surface area contributed by atoms with Gasteiger partial charge in [0.1, 0.15) is 12.4 Å². The van der Waals surface area contributed by atoms with Gasteiger partial charge in [0.05, 0.1) is 5.57 Å². The predicted molar refractivity (Wildman–Crippen MR) is 104 cm³/mol. The first-order valence-electron chi connectivity index (χ1n) is 8.58. The van der Waals surface area contributed by atoms with Crippen LogP contribution in [0.4, 0.5) is 5.95 Å². The number of amides is 1. The Kier molecular flexibility index (Phi) is 4.64. The van der Waals surface area contributed by atoms with E-state index in [2.05, 4.69) is 20.7 Å². The minimum Gasteiger partial charge on any atom is -0.348 e. The molecule has 0 spiro atoms. The van der Waals surface area contributed by atoms with E-state index in [1.165, 1.54) is 6.33 Å². The third-order valence-corrected chi connectivity index (χ3v) is 4.77. The highest BCUT2D eigenvalue weighted by atomic mass is 35.5. The van der Waals surface area contributed by atoms with Crippen LogP contribution in [0.15, 0.2) is 72.2 Å². The van der Waals surface area contributed by atoms with Crippen LogP contribution in [0.2, 0.25) is 5.02 Å². The molecule has 0 unspecified atom stereocenters. The second-order valence-corrected chi connectivity index (χ2v) is 6.75. The number of nitrogens with one attached hydrogen (secondary N) is 2. The first-order valence-corrected chi connectivity index (χ1v) is 8.96. The molecule has 1 aliphatic heterocycles. The van der Waals surface area contributed by atoms with Crippen molar-refractivity contribution in [2.45, 2.75) is 19.5 Å². The van der Waals surface area contributed by atoms with Crippen molar-refractivity contribution in [3.05, 3.63) is 88.3 Å². The van der Waals surface area contributed by atoms with Crippen molar-refractivity contribution in [3.8, 4) is 0 Å². The Balaban J connectivity index is 1.67. The number of aromatic nitrogens is 3. The van der Waals surface area contributed by atoms with Gasteiger partial charge in [-0.2, -0.15) is 10.1 Å². The Morgan fingerprint density at radius 2 is 1.93 bits per heavy atom. The van der Waals surface area contributed by atoms with Crippen LogP contribution in [-0.2, 0) is 11.3 Å². The average molecular weight is 380 g/mol. The van der Waals surface area contributed by atoms with Gasteiger partial charge in [0.2, 0.25) is 5.95 Å². The monoisotopic (exact) mass is 379 g/mol. The van der Waals surface area contributed by atoms with Crippen LogP contribution in [0.25, 0.3) is 0 Å². The summed E-state index contributed by atoms with van der Waals surface area (Å²) >= 11 is 6.04. The fourth-order valence-electron chi connectivity index (χ4n) is 3.21. The van der Waals surface area contributed by atoms with Gasteiger partial charge in [0.15, 0.2) is 0 Å². The van der Waals surface area contributed by atoms with Crippen molar-refractivity contribution in [2.75, 3.05) is 5.32 Å². The lowest BCUT2D eigenvalue weighted by Crippen LogP contribution is -2.34. The normalized spacial score (nSPS) is 15.9. The van der Waals surface area contributed by atoms with E-state index in [4.69, 9.17) is 11.6 Å². The van der Waals surface area contributed by atoms with Gasteiger partial charge in [-0.3, -0.25) is 4.79 Å². The van der Waals surface area contributed by atoms with Crippen molar-refractivity contribution >= 4 is 23.5 Å². The van der Waals surface area contributed by atoms with E-state index in [0.29, 0.717) is 23.1 Å². The van der Waals surface area contributed by atoms with Crippen LogP contribution in [0.1, 0.15) is 24.1 Å². The van der Waals surface area contributed by atoms with Crippen molar-refractivity contribution in [3.63, 3.8) is 0 Å². The predicted octanol–water partition coefficient (Wildman–Crippen LogP) is 3.54. The van der Waals surface area contributed by atoms with E-state index < -0.39 is 0 Å². The number of anilines is 1. The summed E-state index contributed by atoms with van der Waals surface area (Å²) in [6, 6.07) is 16.9. The first kappa shape index (κ1) is 17.3. The highest BCUT2D eigenvalue weighted by Crippen LogP contribution is 2.34. The number of allylic oxidation sites excluding steroid dienone is 1. The third kappa shape index (κ3) is 3.44. The Morgan fingerprint density at radius 1 is 1.19 bits per heavy atom. The zero-order valence-electron chi connectivity index (χ0n) is 14.7. The molecule has 6 nitrogen and oxygen atoms in total. The van der Waals surface area contributed by atoms with E-state index in [0.717, 1.165) is 16.8 Å². The summed E-state index contributed by atoms with van der Waals surface area (Å²) in [5.41, 5.74) is 3.31. The molecule has 27 heavy (non-hydrogen) atoms. The van der Waals surface area contributed by atoms with Gasteiger partial charge in [-0.1, -0.05) is 54.1 Å². The molecule has 1 aromatic heterocycles. The molecule has 4 rings (SSSR count). The number of benzene rings is 2. The minimum atomic E-state index is -0.378. The minimum absolute atomic E-state index is 0.148. The number of hydrogen-bond acceptors (Lipinski definition) is 4. The number of nitrogens with zero attached hydrogens (tertiary/aromatic N) is 3. The van der Waals surface area contributed by atoms with Gasteiger partial charge in [0.25, 0.3) is 5.91 Å². The molecule has 3 aromatic rings. The smallest absolute Gasteiger partial charge is 0.251 e. The van der Waals surface area contributed by atoms with Crippen LogP contribution >= 0.6 is 11.6 Å². The van der Waals surface area contributed by atoms with Crippen molar-refractivity contribution in [1.29, 1.82) is 0 Å². The molecule has 0 saturated carbocycles. The third-order valence-electron chi connectivity index (χ3n) is 4.52. The molecule has 0 radical (unpaired) electrons. The fraction of sp³-hybridized carbons (Fsp3) is 0.150. The van der Waals surface area contributed by atoms with Gasteiger partial charge in [-0.05, 0) is 30.2 Å². The van der Waals surface area contributed by atoms with Crippen molar-refractivity contribution in [2.24, 2.45) is 0 Å². The fourth-order valence-corrected chi connectivity index (χ4v) is 3.34. The van der Waals surface area contributed by atoms with Gasteiger partial charge < -0.3 is 10.6 Å². The Bertz CT molecular complexity index is 995. The molecule has 1 aliphatic rings. The Morgan fingerprint density at radius 3 is 2.67 bits per heavy atom. The SMILES string of the molecule is CC1=C(C(=O)NCc2ccccc2)[C@@H](c2ccc(Cl)cc2)n2ncnc2N1. The summed E-state index contributed by atoms with van der Waals surface area (Å²) in [5.74, 6) is 0.456. The molecule has 0 aliphatic carbocycles. The van der Waals surface area contributed by atoms with Crippen LogP contribution in [0.3, 0.4) is 0 Å². The van der Waals surface area contributed by atoms with E-state index in [1.54, 1.807) is 4.68 Å². The Hall–Kier alpha value is -3.12. The number of carbonyl (C=O) groups is 1. The molecule has 7 heteroatoms. The maximum Gasteiger partial charge on any atom is 0.251 e. The summed E-state index contributed by atoms with van der Waals surface area (Å²) in [6.07, 6.45) is 1.48. The molecule has 136 valence electrons. The van der Waals surface area contributed by atoms with Gasteiger partial charge >= 0.3 is 0 Å². The van der Waals surface area contributed by atoms with Crippen LogP contribution < -0.4 is 10.6 Å². The molecule has 2 N–H and O–H groups in total.